The van der Waals surface area contributed by atoms with Crippen LogP contribution >= 0.6 is 0 Å². The second kappa shape index (κ2) is 4.43. The Hall–Kier alpha value is -2.28. The van der Waals surface area contributed by atoms with Crippen molar-refractivity contribution in [3.8, 4) is 17.3 Å². The van der Waals surface area contributed by atoms with E-state index in [4.69, 9.17) is 11.0 Å². The Labute approximate surface area is 113 Å². The number of nitrogens with two attached hydrogens (primary N) is 1. The highest BCUT2D eigenvalue weighted by molar-refractivity contribution is 5.72. The van der Waals surface area contributed by atoms with Crippen LogP contribution in [0.2, 0.25) is 0 Å². The molecule has 1 heterocycles. The first-order valence-corrected chi connectivity index (χ1v) is 6.20. The molecule has 1 aromatic carbocycles. The number of aromatic nitrogens is 2. The predicted octanol–water partition coefficient (Wildman–Crippen LogP) is 3.07. The van der Waals surface area contributed by atoms with E-state index >= 15 is 0 Å². The van der Waals surface area contributed by atoms with Gasteiger partial charge in [-0.1, -0.05) is 12.1 Å². The predicted molar refractivity (Wildman–Crippen MR) is 76.5 cm³/mol. The summed E-state index contributed by atoms with van der Waals surface area (Å²) in [5.74, 6) is 1.52. The summed E-state index contributed by atoms with van der Waals surface area (Å²) in [7, 11) is 0. The third-order valence-corrected chi connectivity index (χ3v) is 3.02. The van der Waals surface area contributed by atoms with Gasteiger partial charge in [-0.3, -0.25) is 0 Å². The maximum absolute atomic E-state index is 8.96. The zero-order valence-corrected chi connectivity index (χ0v) is 11.7. The fourth-order valence-corrected chi connectivity index (χ4v) is 2.34. The average Bonchev–Trinajstić information content (AvgIpc) is 2.64. The zero-order valence-electron chi connectivity index (χ0n) is 11.7. The molecule has 0 aliphatic heterocycles. The van der Waals surface area contributed by atoms with Gasteiger partial charge in [-0.25, -0.2) is 4.98 Å². The Morgan fingerprint density at radius 3 is 2.53 bits per heavy atom. The maximum atomic E-state index is 8.96. The first kappa shape index (κ1) is 13.2. The topological polar surface area (TPSA) is 67.6 Å². The Bertz CT molecular complexity index is 654. The molecule has 0 amide bonds. The number of nitriles is 1. The van der Waals surface area contributed by atoms with E-state index in [-0.39, 0.29) is 5.54 Å². The SMILES string of the molecule is Cc1nc(-c2cccc(C#N)c2)c(N)n1C(C)(C)C. The van der Waals surface area contributed by atoms with Crippen LogP contribution < -0.4 is 5.73 Å². The van der Waals surface area contributed by atoms with Crippen molar-refractivity contribution in [2.75, 3.05) is 5.73 Å². The minimum absolute atomic E-state index is 0.119. The van der Waals surface area contributed by atoms with Gasteiger partial charge in [-0.2, -0.15) is 5.26 Å². The van der Waals surface area contributed by atoms with Crippen LogP contribution in [0.5, 0.6) is 0 Å². The minimum atomic E-state index is -0.119. The molecule has 2 aromatic rings. The van der Waals surface area contributed by atoms with Gasteiger partial charge in [0, 0.05) is 11.1 Å². The molecule has 4 heteroatoms. The van der Waals surface area contributed by atoms with Gasteiger partial charge in [0.25, 0.3) is 0 Å². The van der Waals surface area contributed by atoms with Gasteiger partial charge in [0.15, 0.2) is 0 Å². The Morgan fingerprint density at radius 2 is 2.00 bits per heavy atom. The van der Waals surface area contributed by atoms with E-state index in [0.29, 0.717) is 11.4 Å². The van der Waals surface area contributed by atoms with Gasteiger partial charge in [-0.05, 0) is 39.8 Å². The smallest absolute Gasteiger partial charge is 0.132 e. The number of aryl methyl sites for hydroxylation is 1. The molecule has 2 N–H and O–H groups in total. The highest BCUT2D eigenvalue weighted by atomic mass is 15.2. The van der Waals surface area contributed by atoms with Gasteiger partial charge >= 0.3 is 0 Å². The molecule has 0 saturated carbocycles. The number of nitrogens with zero attached hydrogens (tertiary/aromatic N) is 3. The summed E-state index contributed by atoms with van der Waals surface area (Å²) < 4.78 is 2.02. The Kier molecular flexibility index (Phi) is 3.07. The van der Waals surface area contributed by atoms with E-state index in [0.717, 1.165) is 17.1 Å². The molecular formula is C15H18N4. The lowest BCUT2D eigenvalue weighted by molar-refractivity contribution is 0.393. The van der Waals surface area contributed by atoms with E-state index in [1.165, 1.54) is 0 Å². The second-order valence-electron chi connectivity index (χ2n) is 5.59. The standard InChI is InChI=1S/C15H18N4/c1-10-18-13(14(17)19(10)15(2,3)4)12-7-5-6-11(8-12)9-16/h5-8H,17H2,1-4H3. The molecule has 0 spiro atoms. The van der Waals surface area contributed by atoms with Gasteiger partial charge < -0.3 is 10.3 Å². The van der Waals surface area contributed by atoms with Crippen LogP contribution in [0.15, 0.2) is 24.3 Å². The molecule has 4 nitrogen and oxygen atoms in total. The number of rotatable bonds is 1. The fraction of sp³-hybridized carbons (Fsp3) is 0.333. The third kappa shape index (κ3) is 2.32. The van der Waals surface area contributed by atoms with Gasteiger partial charge in [0.1, 0.15) is 17.3 Å². The highest BCUT2D eigenvalue weighted by Crippen LogP contribution is 2.31. The maximum Gasteiger partial charge on any atom is 0.132 e. The lowest BCUT2D eigenvalue weighted by Gasteiger charge is -2.24. The molecule has 1 aromatic heterocycles. The summed E-state index contributed by atoms with van der Waals surface area (Å²) in [6.45, 7) is 8.22. The highest BCUT2D eigenvalue weighted by Gasteiger charge is 2.22. The summed E-state index contributed by atoms with van der Waals surface area (Å²) in [4.78, 5) is 4.55. The number of hydrogen-bond donors (Lipinski definition) is 1. The normalized spacial score (nSPS) is 11.3. The lowest BCUT2D eigenvalue weighted by atomic mass is 10.1. The first-order valence-electron chi connectivity index (χ1n) is 6.20. The van der Waals surface area contributed by atoms with E-state index in [1.54, 1.807) is 6.07 Å². The van der Waals surface area contributed by atoms with Crippen LogP contribution in [0.1, 0.15) is 32.2 Å². The van der Waals surface area contributed by atoms with Crippen LogP contribution in [-0.4, -0.2) is 9.55 Å². The molecule has 98 valence electrons. The van der Waals surface area contributed by atoms with Crippen molar-refractivity contribution in [1.82, 2.24) is 9.55 Å². The summed E-state index contributed by atoms with van der Waals surface area (Å²) in [6.07, 6.45) is 0. The third-order valence-electron chi connectivity index (χ3n) is 3.02. The van der Waals surface area contributed by atoms with E-state index < -0.39 is 0 Å². The molecule has 2 rings (SSSR count). The van der Waals surface area contributed by atoms with Gasteiger partial charge in [0.2, 0.25) is 0 Å². The molecular weight excluding hydrogens is 236 g/mol. The van der Waals surface area contributed by atoms with Crippen molar-refractivity contribution >= 4 is 5.82 Å². The van der Waals surface area contributed by atoms with Crippen LogP contribution in [0, 0.1) is 18.3 Å². The van der Waals surface area contributed by atoms with Crippen molar-refractivity contribution in [1.29, 1.82) is 5.26 Å². The summed E-state index contributed by atoms with van der Waals surface area (Å²) >= 11 is 0. The monoisotopic (exact) mass is 254 g/mol. The largest absolute Gasteiger partial charge is 0.383 e. The summed E-state index contributed by atoms with van der Waals surface area (Å²) in [5, 5.41) is 8.96. The van der Waals surface area contributed by atoms with E-state index in [1.807, 2.05) is 29.7 Å². The van der Waals surface area contributed by atoms with Crippen molar-refractivity contribution in [2.24, 2.45) is 0 Å². The average molecular weight is 254 g/mol. The molecule has 0 bridgehead atoms. The summed E-state index contributed by atoms with van der Waals surface area (Å²) in [5.41, 5.74) is 8.34. The molecule has 0 saturated heterocycles. The molecule has 0 atom stereocenters. The van der Waals surface area contributed by atoms with E-state index in [2.05, 4.69) is 31.8 Å². The van der Waals surface area contributed by atoms with Gasteiger partial charge in [0.05, 0.1) is 11.6 Å². The lowest BCUT2D eigenvalue weighted by Crippen LogP contribution is -2.24. The zero-order chi connectivity index (χ0) is 14.2. The quantitative estimate of drug-likeness (QED) is 0.850. The molecule has 0 aliphatic carbocycles. The van der Waals surface area contributed by atoms with Crippen LogP contribution in [0.4, 0.5) is 5.82 Å². The number of hydrogen-bond acceptors (Lipinski definition) is 3. The Morgan fingerprint density at radius 1 is 1.32 bits per heavy atom. The molecule has 0 radical (unpaired) electrons. The van der Waals surface area contributed by atoms with Crippen molar-refractivity contribution in [3.63, 3.8) is 0 Å². The van der Waals surface area contributed by atoms with Gasteiger partial charge in [-0.15, -0.1) is 0 Å². The first-order chi connectivity index (χ1) is 8.84. The molecule has 0 unspecified atom stereocenters. The molecule has 0 fully saturated rings. The van der Waals surface area contributed by atoms with Crippen molar-refractivity contribution in [3.05, 3.63) is 35.7 Å². The van der Waals surface area contributed by atoms with Crippen molar-refractivity contribution < 1.29 is 0 Å². The van der Waals surface area contributed by atoms with Crippen LogP contribution in [0.3, 0.4) is 0 Å². The minimum Gasteiger partial charge on any atom is -0.383 e. The van der Waals surface area contributed by atoms with Crippen LogP contribution in [0.25, 0.3) is 11.3 Å². The van der Waals surface area contributed by atoms with Crippen molar-refractivity contribution in [2.45, 2.75) is 33.2 Å². The Balaban J connectivity index is 2.62. The second-order valence-corrected chi connectivity index (χ2v) is 5.59. The fourth-order valence-electron chi connectivity index (χ4n) is 2.34. The summed E-state index contributed by atoms with van der Waals surface area (Å²) in [6, 6.07) is 9.48. The van der Waals surface area contributed by atoms with Crippen LogP contribution in [-0.2, 0) is 5.54 Å². The number of imidazole rings is 1. The number of benzene rings is 1. The number of nitrogen functional groups attached to an aromatic ring is 1. The molecule has 19 heavy (non-hydrogen) atoms. The molecule has 0 aliphatic rings. The van der Waals surface area contributed by atoms with E-state index in [9.17, 15) is 0 Å². The number of anilines is 1.